The van der Waals surface area contributed by atoms with Crippen LogP contribution in [-0.2, 0) is 35.1 Å². The van der Waals surface area contributed by atoms with Crippen LogP contribution >= 0.6 is 0 Å². The Kier molecular flexibility index (Phi) is 7.58. The minimum atomic E-state index is -1.17. The molecule has 1 saturated heterocycles. The monoisotopic (exact) mass is 530 g/mol. The van der Waals surface area contributed by atoms with Gasteiger partial charge in [0.1, 0.15) is 6.04 Å². The number of nitrogens with one attached hydrogen (secondary N) is 1. The van der Waals surface area contributed by atoms with Gasteiger partial charge in [-0.1, -0.05) is 49.4 Å². The average molecular weight is 531 g/mol. The fourth-order valence-corrected chi connectivity index (χ4v) is 5.75. The van der Waals surface area contributed by atoms with Gasteiger partial charge in [0.25, 0.3) is 5.91 Å². The molecule has 5 atom stereocenters. The van der Waals surface area contributed by atoms with Gasteiger partial charge < -0.3 is 14.8 Å². The molecule has 2 aliphatic carbocycles. The van der Waals surface area contributed by atoms with Gasteiger partial charge in [-0.15, -0.1) is 0 Å². The van der Waals surface area contributed by atoms with Crippen molar-refractivity contribution in [3.8, 4) is 0 Å². The number of fused-ring (bicyclic) bond motifs is 5. The highest BCUT2D eigenvalue weighted by molar-refractivity contribution is 6.09. The lowest BCUT2D eigenvalue weighted by molar-refractivity contribution is -0.160. The summed E-state index contributed by atoms with van der Waals surface area (Å²) in [6, 6.07) is 14.1. The highest BCUT2D eigenvalue weighted by Crippen LogP contribution is 2.53. The van der Waals surface area contributed by atoms with E-state index < -0.39 is 42.3 Å². The Labute approximate surface area is 226 Å². The summed E-state index contributed by atoms with van der Waals surface area (Å²) in [5.74, 6) is -3.41. The van der Waals surface area contributed by atoms with E-state index in [-0.39, 0.29) is 30.1 Å². The number of carbonyl (C=O) groups is 5. The predicted molar refractivity (Wildman–Crippen MR) is 140 cm³/mol. The summed E-state index contributed by atoms with van der Waals surface area (Å²) in [4.78, 5) is 65.6. The zero-order valence-corrected chi connectivity index (χ0v) is 21.6. The number of benzene rings is 2. The van der Waals surface area contributed by atoms with E-state index in [2.05, 4.69) is 5.32 Å². The van der Waals surface area contributed by atoms with Crippen LogP contribution in [0.15, 0.2) is 66.7 Å². The summed E-state index contributed by atoms with van der Waals surface area (Å²) in [7, 11) is 0. The van der Waals surface area contributed by atoms with Crippen LogP contribution in [0.1, 0.15) is 35.7 Å². The number of allylic oxidation sites excluding steroid dienone is 2. The number of likely N-dealkylation sites (tertiary alicyclic amines) is 1. The van der Waals surface area contributed by atoms with Crippen LogP contribution in [0.3, 0.4) is 0 Å². The number of rotatable bonds is 10. The molecule has 202 valence electrons. The van der Waals surface area contributed by atoms with Gasteiger partial charge >= 0.3 is 11.9 Å². The highest BCUT2D eigenvalue weighted by atomic mass is 16.5. The molecule has 2 aromatic carbocycles. The summed E-state index contributed by atoms with van der Waals surface area (Å²) in [5.41, 5.74) is 1.52. The molecule has 0 spiro atoms. The van der Waals surface area contributed by atoms with Crippen LogP contribution < -0.4 is 5.32 Å². The zero-order chi connectivity index (χ0) is 27.5. The van der Waals surface area contributed by atoms with E-state index in [4.69, 9.17) is 9.47 Å². The van der Waals surface area contributed by atoms with Crippen LogP contribution in [0, 0.1) is 23.7 Å². The van der Waals surface area contributed by atoms with Crippen LogP contribution in [0.2, 0.25) is 0 Å². The Morgan fingerprint density at radius 3 is 2.18 bits per heavy atom. The topological polar surface area (TPSA) is 119 Å². The van der Waals surface area contributed by atoms with Gasteiger partial charge in [-0.05, 0) is 54.5 Å². The number of hydrogen-bond acceptors (Lipinski definition) is 7. The largest absolute Gasteiger partial charge is 0.462 e. The van der Waals surface area contributed by atoms with Gasteiger partial charge in [-0.25, -0.2) is 9.59 Å². The molecule has 9 nitrogen and oxygen atoms in total. The molecule has 2 fully saturated rings. The lowest BCUT2D eigenvalue weighted by Crippen LogP contribution is -2.48. The predicted octanol–water partition coefficient (Wildman–Crippen LogP) is 3.15. The number of ether oxygens (including phenoxy) is 2. The Balaban J connectivity index is 1.24. The molecule has 1 saturated carbocycles. The van der Waals surface area contributed by atoms with Crippen LogP contribution in [0.4, 0.5) is 5.69 Å². The second kappa shape index (κ2) is 11.2. The maximum absolute atomic E-state index is 13.4. The number of imide groups is 1. The SMILES string of the molecule is CCCOC(=O)c1ccc(NC(=O)COC(=O)[C@H](Cc2ccccc2)N2C(=O)[C@@H]3[C@H](C2=O)[C@H]2C=C[C@H]3C2)cc1. The molecule has 2 aromatic rings. The van der Waals surface area contributed by atoms with Crippen molar-refractivity contribution < 1.29 is 33.4 Å². The first-order valence-corrected chi connectivity index (χ1v) is 13.2. The number of hydrogen-bond donors (Lipinski definition) is 1. The molecule has 2 bridgehead atoms. The van der Waals surface area contributed by atoms with Crippen LogP contribution in [0.5, 0.6) is 0 Å². The van der Waals surface area contributed by atoms with Gasteiger partial charge in [0.2, 0.25) is 11.8 Å². The maximum Gasteiger partial charge on any atom is 0.338 e. The van der Waals surface area contributed by atoms with Crippen molar-refractivity contribution in [3.05, 3.63) is 77.9 Å². The third-order valence-corrected chi connectivity index (χ3v) is 7.55. The molecule has 1 N–H and O–H groups in total. The molecule has 39 heavy (non-hydrogen) atoms. The standard InChI is InChI=1S/C30H30N2O7/c1-2-14-38-29(36)19-10-12-22(13-11-19)31-24(33)17-39-30(37)23(15-18-6-4-3-5-7-18)32-27(34)25-20-8-9-21(16-20)26(25)28(32)35/h3-13,20-21,23,25-26H,2,14-17H2,1H3,(H,31,33)/t20-,21-,23-,25-,26+/m0/s1. The second-order valence-corrected chi connectivity index (χ2v) is 10.1. The Morgan fingerprint density at radius 1 is 0.923 bits per heavy atom. The molecule has 3 amide bonds. The summed E-state index contributed by atoms with van der Waals surface area (Å²) >= 11 is 0. The second-order valence-electron chi connectivity index (χ2n) is 10.1. The maximum atomic E-state index is 13.4. The molecular formula is C30H30N2O7. The number of carbonyl (C=O) groups excluding carboxylic acids is 5. The lowest BCUT2D eigenvalue weighted by Gasteiger charge is -2.26. The smallest absolute Gasteiger partial charge is 0.338 e. The molecule has 0 radical (unpaired) electrons. The molecule has 1 heterocycles. The third kappa shape index (κ3) is 5.34. The van der Waals surface area contributed by atoms with E-state index in [1.807, 2.05) is 49.4 Å². The van der Waals surface area contributed by atoms with Crippen molar-refractivity contribution in [1.82, 2.24) is 4.90 Å². The molecule has 9 heteroatoms. The number of amides is 3. The Bertz CT molecular complexity index is 1270. The molecular weight excluding hydrogens is 500 g/mol. The van der Waals surface area contributed by atoms with E-state index in [0.29, 0.717) is 24.3 Å². The fourth-order valence-electron chi connectivity index (χ4n) is 5.75. The van der Waals surface area contributed by atoms with Crippen molar-refractivity contribution >= 4 is 35.3 Å². The lowest BCUT2D eigenvalue weighted by atomic mass is 9.85. The minimum absolute atomic E-state index is 0.0144. The van der Waals surface area contributed by atoms with E-state index in [1.54, 1.807) is 12.1 Å². The van der Waals surface area contributed by atoms with Crippen molar-refractivity contribution in [3.63, 3.8) is 0 Å². The number of anilines is 1. The normalized spacial score (nSPS) is 23.5. The van der Waals surface area contributed by atoms with Gasteiger partial charge in [-0.3, -0.25) is 19.3 Å². The summed E-state index contributed by atoms with van der Waals surface area (Å²) in [6.07, 6.45) is 5.59. The summed E-state index contributed by atoms with van der Waals surface area (Å²) in [6.45, 7) is 1.62. The highest BCUT2D eigenvalue weighted by Gasteiger charge is 2.61. The van der Waals surface area contributed by atoms with Gasteiger partial charge in [0.05, 0.1) is 24.0 Å². The summed E-state index contributed by atoms with van der Waals surface area (Å²) in [5, 5.41) is 2.61. The van der Waals surface area contributed by atoms with E-state index in [9.17, 15) is 24.0 Å². The van der Waals surface area contributed by atoms with Crippen molar-refractivity contribution in [2.75, 3.05) is 18.5 Å². The first kappa shape index (κ1) is 26.3. The van der Waals surface area contributed by atoms with Crippen LogP contribution in [-0.4, -0.2) is 53.8 Å². The molecule has 3 aliphatic rings. The number of esters is 2. The van der Waals surface area contributed by atoms with E-state index in [1.165, 1.54) is 12.1 Å². The van der Waals surface area contributed by atoms with Crippen molar-refractivity contribution in [2.24, 2.45) is 23.7 Å². The first-order chi connectivity index (χ1) is 18.9. The quantitative estimate of drug-likeness (QED) is 0.285. The van der Waals surface area contributed by atoms with Gasteiger partial charge in [-0.2, -0.15) is 0 Å². The fraction of sp³-hybridized carbons (Fsp3) is 0.367. The zero-order valence-electron chi connectivity index (χ0n) is 21.6. The molecule has 1 aliphatic heterocycles. The van der Waals surface area contributed by atoms with E-state index in [0.717, 1.165) is 16.9 Å². The minimum Gasteiger partial charge on any atom is -0.462 e. The Morgan fingerprint density at radius 2 is 1.56 bits per heavy atom. The van der Waals surface area contributed by atoms with Gasteiger partial charge in [0, 0.05) is 12.1 Å². The van der Waals surface area contributed by atoms with Crippen molar-refractivity contribution in [2.45, 2.75) is 32.2 Å². The first-order valence-electron chi connectivity index (χ1n) is 13.2. The van der Waals surface area contributed by atoms with Crippen molar-refractivity contribution in [1.29, 1.82) is 0 Å². The molecule has 5 rings (SSSR count). The number of nitrogens with zero attached hydrogens (tertiary/aromatic N) is 1. The summed E-state index contributed by atoms with van der Waals surface area (Å²) < 4.78 is 10.4. The van der Waals surface area contributed by atoms with Crippen LogP contribution in [0.25, 0.3) is 0 Å². The van der Waals surface area contributed by atoms with E-state index >= 15 is 0 Å². The molecule has 0 aromatic heterocycles. The van der Waals surface area contributed by atoms with Gasteiger partial charge in [0.15, 0.2) is 6.61 Å². The third-order valence-electron chi connectivity index (χ3n) is 7.55. The average Bonchev–Trinajstić information content (AvgIpc) is 3.64. The Hall–Kier alpha value is -4.27. The molecule has 0 unspecified atom stereocenters.